The number of para-hydroxylation sites is 1. The van der Waals surface area contributed by atoms with Crippen LogP contribution in [0.3, 0.4) is 0 Å². The quantitative estimate of drug-likeness (QED) is 0.928. The van der Waals surface area contributed by atoms with Crippen molar-refractivity contribution in [3.8, 4) is 16.9 Å². The number of carboxylic acids is 1. The van der Waals surface area contributed by atoms with Crippen molar-refractivity contribution < 1.29 is 27.8 Å². The lowest BCUT2D eigenvalue weighted by atomic mass is 9.96. The molecule has 2 aromatic carbocycles. The highest BCUT2D eigenvalue weighted by Crippen LogP contribution is 2.36. The van der Waals surface area contributed by atoms with Crippen molar-refractivity contribution >= 4 is 5.97 Å². The van der Waals surface area contributed by atoms with Crippen LogP contribution in [-0.4, -0.2) is 18.2 Å². The molecule has 2 aromatic rings. The van der Waals surface area contributed by atoms with E-state index in [0.717, 1.165) is 12.1 Å². The standard InChI is InChI=1S/C15H11F3O3/c1-21-13-5-3-2-4-11(13)10-7-6-9(15(16,17)18)8-12(10)14(19)20/h2-8H,1H3,(H,19,20). The minimum Gasteiger partial charge on any atom is -0.496 e. The van der Waals surface area contributed by atoms with E-state index in [0.29, 0.717) is 17.4 Å². The molecule has 0 aliphatic carbocycles. The van der Waals surface area contributed by atoms with E-state index in [-0.39, 0.29) is 5.56 Å². The molecule has 1 N–H and O–H groups in total. The second kappa shape index (κ2) is 5.47. The lowest BCUT2D eigenvalue weighted by molar-refractivity contribution is -0.137. The molecule has 0 heterocycles. The van der Waals surface area contributed by atoms with Gasteiger partial charge in [0.25, 0.3) is 0 Å². The fraction of sp³-hybridized carbons (Fsp3) is 0.133. The Kier molecular flexibility index (Phi) is 3.88. The number of carbonyl (C=O) groups is 1. The second-order valence-electron chi connectivity index (χ2n) is 4.26. The normalized spacial score (nSPS) is 11.2. The molecule has 0 aliphatic rings. The van der Waals surface area contributed by atoms with Crippen LogP contribution in [0.1, 0.15) is 15.9 Å². The summed E-state index contributed by atoms with van der Waals surface area (Å²) in [5.74, 6) is -1.04. The Morgan fingerprint density at radius 1 is 1.10 bits per heavy atom. The fourth-order valence-electron chi connectivity index (χ4n) is 2.00. The van der Waals surface area contributed by atoms with Crippen molar-refractivity contribution in [2.24, 2.45) is 0 Å². The smallest absolute Gasteiger partial charge is 0.416 e. The molecular weight excluding hydrogens is 285 g/mol. The topological polar surface area (TPSA) is 46.5 Å². The first-order valence-corrected chi connectivity index (χ1v) is 5.92. The first-order valence-electron chi connectivity index (χ1n) is 5.92. The number of ether oxygens (including phenoxy) is 1. The number of halogens is 3. The van der Waals surface area contributed by atoms with Crippen LogP contribution < -0.4 is 4.74 Å². The van der Waals surface area contributed by atoms with Gasteiger partial charge in [-0.05, 0) is 23.8 Å². The van der Waals surface area contributed by atoms with Gasteiger partial charge in [-0.1, -0.05) is 24.3 Å². The number of hydrogen-bond acceptors (Lipinski definition) is 2. The monoisotopic (exact) mass is 296 g/mol. The first-order chi connectivity index (χ1) is 9.84. The van der Waals surface area contributed by atoms with Gasteiger partial charge in [-0.3, -0.25) is 0 Å². The van der Waals surface area contributed by atoms with Crippen LogP contribution in [0.15, 0.2) is 42.5 Å². The number of benzene rings is 2. The summed E-state index contributed by atoms with van der Waals surface area (Å²) in [6, 6.07) is 9.17. The van der Waals surface area contributed by atoms with Gasteiger partial charge in [-0.15, -0.1) is 0 Å². The van der Waals surface area contributed by atoms with Crippen molar-refractivity contribution in [3.05, 3.63) is 53.6 Å². The van der Waals surface area contributed by atoms with Crippen molar-refractivity contribution in [2.75, 3.05) is 7.11 Å². The summed E-state index contributed by atoms with van der Waals surface area (Å²) in [5, 5.41) is 9.17. The van der Waals surface area contributed by atoms with Gasteiger partial charge < -0.3 is 9.84 Å². The predicted octanol–water partition coefficient (Wildman–Crippen LogP) is 4.08. The molecule has 0 aromatic heterocycles. The third-order valence-electron chi connectivity index (χ3n) is 2.97. The third kappa shape index (κ3) is 2.99. The van der Waals surface area contributed by atoms with Crippen molar-refractivity contribution in [1.82, 2.24) is 0 Å². The number of aromatic carboxylic acids is 1. The molecule has 110 valence electrons. The molecule has 2 rings (SSSR count). The molecule has 0 unspecified atom stereocenters. The lowest BCUT2D eigenvalue weighted by Crippen LogP contribution is -2.08. The van der Waals surface area contributed by atoms with Gasteiger partial charge in [0.1, 0.15) is 5.75 Å². The zero-order valence-corrected chi connectivity index (χ0v) is 10.9. The summed E-state index contributed by atoms with van der Waals surface area (Å²) in [6.45, 7) is 0. The molecule has 0 radical (unpaired) electrons. The molecular formula is C15H11F3O3. The Hall–Kier alpha value is -2.50. The average molecular weight is 296 g/mol. The van der Waals surface area contributed by atoms with Gasteiger partial charge in [0.2, 0.25) is 0 Å². The molecule has 21 heavy (non-hydrogen) atoms. The maximum atomic E-state index is 12.7. The molecule has 0 amide bonds. The molecule has 6 heteroatoms. The highest BCUT2D eigenvalue weighted by molar-refractivity contribution is 5.97. The van der Waals surface area contributed by atoms with Gasteiger partial charge in [0.15, 0.2) is 0 Å². The number of alkyl halides is 3. The van der Waals surface area contributed by atoms with E-state index >= 15 is 0 Å². The summed E-state index contributed by atoms with van der Waals surface area (Å²) in [6.07, 6.45) is -4.59. The van der Waals surface area contributed by atoms with Crippen LogP contribution >= 0.6 is 0 Å². The molecule has 0 atom stereocenters. The van der Waals surface area contributed by atoms with Gasteiger partial charge >= 0.3 is 12.1 Å². The van der Waals surface area contributed by atoms with Crippen LogP contribution in [-0.2, 0) is 6.18 Å². The summed E-state index contributed by atoms with van der Waals surface area (Å²) in [7, 11) is 1.41. The minimum absolute atomic E-state index is 0.174. The Morgan fingerprint density at radius 2 is 1.76 bits per heavy atom. The fourth-order valence-corrected chi connectivity index (χ4v) is 2.00. The number of hydrogen-bond donors (Lipinski definition) is 1. The first kappa shape index (κ1) is 14.9. The minimum atomic E-state index is -4.59. The van der Waals surface area contributed by atoms with Crippen LogP contribution in [0.4, 0.5) is 13.2 Å². The lowest BCUT2D eigenvalue weighted by Gasteiger charge is -2.13. The predicted molar refractivity (Wildman–Crippen MR) is 70.4 cm³/mol. The van der Waals surface area contributed by atoms with Crippen molar-refractivity contribution in [3.63, 3.8) is 0 Å². The maximum absolute atomic E-state index is 12.7. The SMILES string of the molecule is COc1ccccc1-c1ccc(C(F)(F)F)cc1C(=O)O. The molecule has 0 spiro atoms. The molecule has 0 fully saturated rings. The summed E-state index contributed by atoms with van der Waals surface area (Å²) in [4.78, 5) is 11.3. The summed E-state index contributed by atoms with van der Waals surface area (Å²) < 4.78 is 43.2. The van der Waals surface area contributed by atoms with E-state index in [4.69, 9.17) is 4.74 Å². The van der Waals surface area contributed by atoms with Crippen molar-refractivity contribution in [1.29, 1.82) is 0 Å². The van der Waals surface area contributed by atoms with E-state index in [9.17, 15) is 23.1 Å². The Labute approximate surface area is 118 Å². The number of methoxy groups -OCH3 is 1. The number of rotatable bonds is 3. The highest BCUT2D eigenvalue weighted by Gasteiger charge is 2.32. The van der Waals surface area contributed by atoms with Gasteiger partial charge in [-0.25, -0.2) is 4.79 Å². The Bertz CT molecular complexity index is 678. The van der Waals surface area contributed by atoms with E-state index < -0.39 is 23.3 Å². The maximum Gasteiger partial charge on any atom is 0.416 e. The largest absolute Gasteiger partial charge is 0.496 e. The van der Waals surface area contributed by atoms with E-state index in [1.807, 2.05) is 0 Å². The van der Waals surface area contributed by atoms with Gasteiger partial charge in [0, 0.05) is 5.56 Å². The molecule has 0 aliphatic heterocycles. The second-order valence-corrected chi connectivity index (χ2v) is 4.26. The van der Waals surface area contributed by atoms with Crippen LogP contribution in [0.5, 0.6) is 5.75 Å². The molecule has 0 bridgehead atoms. The van der Waals surface area contributed by atoms with E-state index in [1.165, 1.54) is 7.11 Å². The highest BCUT2D eigenvalue weighted by atomic mass is 19.4. The van der Waals surface area contributed by atoms with Crippen LogP contribution in [0, 0.1) is 0 Å². The van der Waals surface area contributed by atoms with E-state index in [1.54, 1.807) is 24.3 Å². The number of carboxylic acid groups (broad SMARTS) is 1. The Morgan fingerprint density at radius 3 is 2.33 bits per heavy atom. The van der Waals surface area contributed by atoms with Gasteiger partial charge in [-0.2, -0.15) is 13.2 Å². The summed E-state index contributed by atoms with van der Waals surface area (Å²) in [5.41, 5.74) is -0.827. The third-order valence-corrected chi connectivity index (χ3v) is 2.97. The van der Waals surface area contributed by atoms with Gasteiger partial charge in [0.05, 0.1) is 18.2 Å². The average Bonchev–Trinajstić information content (AvgIpc) is 2.45. The van der Waals surface area contributed by atoms with E-state index in [2.05, 4.69) is 0 Å². The van der Waals surface area contributed by atoms with Crippen molar-refractivity contribution in [2.45, 2.75) is 6.18 Å². The van der Waals surface area contributed by atoms with Crippen LogP contribution in [0.25, 0.3) is 11.1 Å². The molecule has 3 nitrogen and oxygen atoms in total. The molecule has 0 saturated carbocycles. The van der Waals surface area contributed by atoms with Crippen LogP contribution in [0.2, 0.25) is 0 Å². The zero-order valence-electron chi connectivity index (χ0n) is 10.9. The zero-order chi connectivity index (χ0) is 15.6. The summed E-state index contributed by atoms with van der Waals surface area (Å²) >= 11 is 0. The molecule has 0 saturated heterocycles. The Balaban J connectivity index is 2.67.